The van der Waals surface area contributed by atoms with Crippen LogP contribution in [0.3, 0.4) is 0 Å². The molecule has 1 atom stereocenters. The van der Waals surface area contributed by atoms with Gasteiger partial charge in [-0.2, -0.15) is 4.98 Å². The Morgan fingerprint density at radius 1 is 1.31 bits per heavy atom. The summed E-state index contributed by atoms with van der Waals surface area (Å²) in [6.45, 7) is 2.14. The number of aromatic nitrogens is 2. The Morgan fingerprint density at radius 3 is 2.69 bits per heavy atom. The molecule has 26 heavy (non-hydrogen) atoms. The molecule has 2 rings (SSSR count). The number of benzene rings is 1. The molecule has 9 heteroatoms. The van der Waals surface area contributed by atoms with Gasteiger partial charge in [0, 0.05) is 6.54 Å². The van der Waals surface area contributed by atoms with Gasteiger partial charge in [0.15, 0.2) is 16.7 Å². The van der Waals surface area contributed by atoms with Gasteiger partial charge < -0.3 is 24.9 Å². The summed E-state index contributed by atoms with van der Waals surface area (Å²) in [5, 5.41) is 11.9. The SMILES string of the molecule is COc1ccc(CCNC(=O)[C@@H](C)Sc2nc(O)cc(=O)[nH]2)cc1OC. The molecule has 140 valence electrons. The van der Waals surface area contributed by atoms with Crippen molar-refractivity contribution in [3.63, 3.8) is 0 Å². The number of H-pyrrole nitrogens is 1. The van der Waals surface area contributed by atoms with Crippen LogP contribution in [-0.2, 0) is 11.2 Å². The van der Waals surface area contributed by atoms with Crippen molar-refractivity contribution in [3.05, 3.63) is 40.2 Å². The van der Waals surface area contributed by atoms with Gasteiger partial charge in [0.2, 0.25) is 11.8 Å². The summed E-state index contributed by atoms with van der Waals surface area (Å²) < 4.78 is 10.4. The maximum atomic E-state index is 12.2. The number of aromatic amines is 1. The lowest BCUT2D eigenvalue weighted by Crippen LogP contribution is -2.32. The largest absolute Gasteiger partial charge is 0.493 e. The van der Waals surface area contributed by atoms with Crippen LogP contribution in [0.4, 0.5) is 0 Å². The number of rotatable bonds is 8. The number of ether oxygens (including phenoxy) is 2. The van der Waals surface area contributed by atoms with Gasteiger partial charge in [-0.1, -0.05) is 17.8 Å². The minimum atomic E-state index is -0.481. The van der Waals surface area contributed by atoms with Crippen LogP contribution in [0.15, 0.2) is 34.2 Å². The van der Waals surface area contributed by atoms with Crippen molar-refractivity contribution in [3.8, 4) is 17.4 Å². The lowest BCUT2D eigenvalue weighted by Gasteiger charge is -2.12. The van der Waals surface area contributed by atoms with Crippen molar-refractivity contribution in [2.75, 3.05) is 20.8 Å². The molecule has 1 heterocycles. The van der Waals surface area contributed by atoms with Crippen LogP contribution in [0.5, 0.6) is 17.4 Å². The van der Waals surface area contributed by atoms with E-state index in [4.69, 9.17) is 9.47 Å². The highest BCUT2D eigenvalue weighted by Crippen LogP contribution is 2.27. The Bertz CT molecular complexity index is 824. The quantitative estimate of drug-likeness (QED) is 0.468. The minimum Gasteiger partial charge on any atom is -0.493 e. The fourth-order valence-corrected chi connectivity index (χ4v) is 3.04. The standard InChI is InChI=1S/C17H21N3O5S/c1-10(26-17-19-14(21)9-15(22)20-17)16(23)18-7-6-11-4-5-12(24-2)13(8-11)25-3/h4-5,8-10H,6-7H2,1-3H3,(H,18,23)(H2,19,20,21,22)/t10-/m1/s1. The molecule has 0 aliphatic heterocycles. The first-order valence-electron chi connectivity index (χ1n) is 7.88. The predicted molar refractivity (Wildman–Crippen MR) is 98.1 cm³/mol. The van der Waals surface area contributed by atoms with Gasteiger partial charge in [0.05, 0.1) is 25.5 Å². The summed E-state index contributed by atoms with van der Waals surface area (Å²) in [4.78, 5) is 29.7. The van der Waals surface area contributed by atoms with E-state index in [1.165, 1.54) is 0 Å². The second-order valence-electron chi connectivity index (χ2n) is 5.40. The van der Waals surface area contributed by atoms with Gasteiger partial charge in [-0.25, -0.2) is 0 Å². The molecular weight excluding hydrogens is 358 g/mol. The number of carbonyl (C=O) groups is 1. The number of hydrogen-bond acceptors (Lipinski definition) is 7. The molecule has 0 aliphatic rings. The van der Waals surface area contributed by atoms with Crippen LogP contribution < -0.4 is 20.3 Å². The highest BCUT2D eigenvalue weighted by molar-refractivity contribution is 8.00. The molecule has 0 spiro atoms. The molecule has 1 aromatic heterocycles. The number of methoxy groups -OCH3 is 2. The van der Waals surface area contributed by atoms with Gasteiger partial charge >= 0.3 is 0 Å². The molecule has 0 unspecified atom stereocenters. The van der Waals surface area contributed by atoms with E-state index >= 15 is 0 Å². The zero-order valence-electron chi connectivity index (χ0n) is 14.7. The molecule has 1 amide bonds. The van der Waals surface area contributed by atoms with Crippen molar-refractivity contribution >= 4 is 17.7 Å². The van der Waals surface area contributed by atoms with Crippen LogP contribution in [-0.4, -0.2) is 47.0 Å². The second kappa shape index (κ2) is 9.14. The summed E-state index contributed by atoms with van der Waals surface area (Å²) in [5.41, 5.74) is 0.531. The highest BCUT2D eigenvalue weighted by atomic mass is 32.2. The van der Waals surface area contributed by atoms with Crippen molar-refractivity contribution in [2.24, 2.45) is 0 Å². The summed E-state index contributed by atoms with van der Waals surface area (Å²) in [7, 11) is 3.15. The first kappa shape index (κ1) is 19.6. The molecule has 0 bridgehead atoms. The third-order valence-electron chi connectivity index (χ3n) is 3.52. The zero-order valence-corrected chi connectivity index (χ0v) is 15.6. The topological polar surface area (TPSA) is 114 Å². The molecule has 2 aromatic rings. The van der Waals surface area contributed by atoms with Crippen LogP contribution in [0.1, 0.15) is 12.5 Å². The molecule has 0 radical (unpaired) electrons. The Balaban J connectivity index is 1.87. The third-order valence-corrected chi connectivity index (χ3v) is 4.51. The normalized spacial score (nSPS) is 11.7. The Hall–Kier alpha value is -2.68. The average Bonchev–Trinajstić information content (AvgIpc) is 2.60. The number of nitrogens with zero attached hydrogens (tertiary/aromatic N) is 1. The maximum Gasteiger partial charge on any atom is 0.255 e. The van der Waals surface area contributed by atoms with E-state index in [0.29, 0.717) is 24.5 Å². The lowest BCUT2D eigenvalue weighted by molar-refractivity contribution is -0.120. The number of thioether (sulfide) groups is 1. The van der Waals surface area contributed by atoms with Crippen LogP contribution in [0, 0.1) is 0 Å². The van der Waals surface area contributed by atoms with E-state index < -0.39 is 10.8 Å². The van der Waals surface area contributed by atoms with E-state index in [1.807, 2.05) is 18.2 Å². The molecule has 8 nitrogen and oxygen atoms in total. The monoisotopic (exact) mass is 379 g/mol. The number of hydrogen-bond donors (Lipinski definition) is 3. The first-order valence-corrected chi connectivity index (χ1v) is 8.76. The first-order chi connectivity index (χ1) is 12.4. The van der Waals surface area contributed by atoms with Crippen molar-refractivity contribution in [1.29, 1.82) is 0 Å². The van der Waals surface area contributed by atoms with Crippen molar-refractivity contribution in [2.45, 2.75) is 23.8 Å². The molecule has 0 saturated carbocycles. The maximum absolute atomic E-state index is 12.2. The van der Waals surface area contributed by atoms with Crippen LogP contribution >= 0.6 is 11.8 Å². The molecule has 1 aromatic carbocycles. The molecular formula is C17H21N3O5S. The van der Waals surface area contributed by atoms with Gasteiger partial charge in [0.1, 0.15) is 0 Å². The Kier molecular flexibility index (Phi) is 6.90. The minimum absolute atomic E-state index is 0.192. The Labute approximate surface area is 154 Å². The number of nitrogens with one attached hydrogen (secondary N) is 2. The average molecular weight is 379 g/mol. The molecule has 0 aliphatic carbocycles. The van der Waals surface area contributed by atoms with Crippen LogP contribution in [0.2, 0.25) is 0 Å². The fraction of sp³-hybridized carbons (Fsp3) is 0.353. The summed E-state index contributed by atoms with van der Waals surface area (Å²) >= 11 is 1.06. The van der Waals surface area contributed by atoms with Crippen LogP contribution in [0.25, 0.3) is 0 Å². The fourth-order valence-electron chi connectivity index (χ4n) is 2.21. The van der Waals surface area contributed by atoms with Crippen molar-refractivity contribution < 1.29 is 19.4 Å². The van der Waals surface area contributed by atoms with E-state index in [9.17, 15) is 14.7 Å². The summed E-state index contributed by atoms with van der Waals surface area (Å²) in [6.07, 6.45) is 0.630. The predicted octanol–water partition coefficient (Wildman–Crippen LogP) is 1.33. The van der Waals surface area contributed by atoms with Gasteiger partial charge in [-0.3, -0.25) is 9.59 Å². The van der Waals surface area contributed by atoms with E-state index in [2.05, 4.69) is 15.3 Å². The zero-order chi connectivity index (χ0) is 19.1. The lowest BCUT2D eigenvalue weighted by atomic mass is 10.1. The van der Waals surface area contributed by atoms with E-state index in [0.717, 1.165) is 23.4 Å². The second-order valence-corrected chi connectivity index (χ2v) is 6.73. The Morgan fingerprint density at radius 2 is 2.04 bits per heavy atom. The summed E-state index contributed by atoms with van der Waals surface area (Å²) in [5.74, 6) is 0.718. The van der Waals surface area contributed by atoms with E-state index in [1.54, 1.807) is 21.1 Å². The number of aromatic hydroxyl groups is 1. The van der Waals surface area contributed by atoms with E-state index in [-0.39, 0.29) is 16.9 Å². The number of carbonyl (C=O) groups excluding carboxylic acids is 1. The summed E-state index contributed by atoms with van der Waals surface area (Å²) in [6, 6.07) is 6.56. The van der Waals surface area contributed by atoms with Gasteiger partial charge in [-0.15, -0.1) is 0 Å². The smallest absolute Gasteiger partial charge is 0.255 e. The number of amides is 1. The van der Waals surface area contributed by atoms with Gasteiger partial charge in [0.25, 0.3) is 5.56 Å². The van der Waals surface area contributed by atoms with Gasteiger partial charge in [-0.05, 0) is 31.0 Å². The molecule has 0 saturated heterocycles. The highest BCUT2D eigenvalue weighted by Gasteiger charge is 2.16. The molecule has 3 N–H and O–H groups in total. The van der Waals surface area contributed by atoms with Crippen molar-refractivity contribution in [1.82, 2.24) is 15.3 Å². The third kappa shape index (κ3) is 5.41. The molecule has 0 fully saturated rings.